The van der Waals surface area contributed by atoms with Gasteiger partial charge in [0.15, 0.2) is 0 Å². The second kappa shape index (κ2) is 3.06. The Hall–Kier alpha value is -1.42. The number of allylic oxidation sites excluding steroid dienone is 1. The van der Waals surface area contributed by atoms with Crippen molar-refractivity contribution in [1.82, 2.24) is 0 Å². The molecule has 1 heterocycles. The number of hydrogen-bond donors (Lipinski definition) is 0. The molecule has 0 amide bonds. The number of aliphatic imine (C=N–C) groups is 1. The lowest BCUT2D eigenvalue weighted by Crippen LogP contribution is -1.95. The Kier molecular flexibility index (Phi) is 2.00. The van der Waals surface area contributed by atoms with Crippen molar-refractivity contribution in [1.29, 1.82) is 0 Å². The predicted octanol–water partition coefficient (Wildman–Crippen LogP) is 1.78. The van der Waals surface area contributed by atoms with Crippen LogP contribution in [0.5, 0.6) is 0 Å². The van der Waals surface area contributed by atoms with Gasteiger partial charge in [-0.1, -0.05) is 18.2 Å². The van der Waals surface area contributed by atoms with Crippen molar-refractivity contribution in [2.75, 3.05) is 0 Å². The molecule has 0 aliphatic carbocycles. The van der Waals surface area contributed by atoms with E-state index >= 15 is 0 Å². The molecular formula is C10H9NO2S. The number of benzene rings is 1. The highest BCUT2D eigenvalue weighted by atomic mass is 32.2. The highest BCUT2D eigenvalue weighted by Gasteiger charge is 2.19. The van der Waals surface area contributed by atoms with Crippen LogP contribution in [0.15, 0.2) is 51.3 Å². The maximum atomic E-state index is 11.7. The van der Waals surface area contributed by atoms with Crippen LogP contribution in [0.3, 0.4) is 0 Å². The Morgan fingerprint density at radius 1 is 1.21 bits per heavy atom. The van der Waals surface area contributed by atoms with E-state index in [2.05, 4.69) is 4.99 Å². The molecule has 0 unspecified atom stereocenters. The van der Waals surface area contributed by atoms with Gasteiger partial charge in [0.1, 0.15) is 0 Å². The van der Waals surface area contributed by atoms with E-state index in [9.17, 15) is 8.42 Å². The van der Waals surface area contributed by atoms with Crippen molar-refractivity contribution >= 4 is 15.5 Å². The lowest BCUT2D eigenvalue weighted by molar-refractivity contribution is 0.604. The summed E-state index contributed by atoms with van der Waals surface area (Å²) in [4.78, 5) is 4.17. The third-order valence-electron chi connectivity index (χ3n) is 1.95. The van der Waals surface area contributed by atoms with Crippen LogP contribution in [0.1, 0.15) is 6.92 Å². The van der Waals surface area contributed by atoms with Gasteiger partial charge in [0, 0.05) is 0 Å². The number of sulfone groups is 1. The predicted molar refractivity (Wildman–Crippen MR) is 54.8 cm³/mol. The smallest absolute Gasteiger partial charge is 0.201 e. The Morgan fingerprint density at radius 2 is 1.79 bits per heavy atom. The summed E-state index contributed by atoms with van der Waals surface area (Å²) in [6, 6.07) is 8.33. The van der Waals surface area contributed by atoms with Gasteiger partial charge in [-0.25, -0.2) is 13.4 Å². The van der Waals surface area contributed by atoms with E-state index < -0.39 is 9.84 Å². The topological polar surface area (TPSA) is 46.5 Å². The van der Waals surface area contributed by atoms with Crippen molar-refractivity contribution < 1.29 is 8.42 Å². The zero-order valence-electron chi connectivity index (χ0n) is 7.64. The third-order valence-corrected chi connectivity index (χ3v) is 3.41. The van der Waals surface area contributed by atoms with Crippen LogP contribution in [-0.4, -0.2) is 14.1 Å². The van der Waals surface area contributed by atoms with E-state index in [1.807, 2.05) is 0 Å². The lowest BCUT2D eigenvalue weighted by Gasteiger charge is -1.96. The molecule has 72 valence electrons. The summed E-state index contributed by atoms with van der Waals surface area (Å²) in [6.45, 7) is 1.78. The molecule has 0 saturated heterocycles. The molecule has 4 heteroatoms. The third kappa shape index (κ3) is 1.75. The average molecular weight is 207 g/mol. The van der Waals surface area contributed by atoms with Gasteiger partial charge >= 0.3 is 0 Å². The van der Waals surface area contributed by atoms with Crippen LogP contribution in [-0.2, 0) is 9.84 Å². The first kappa shape index (κ1) is 9.15. The van der Waals surface area contributed by atoms with Crippen molar-refractivity contribution in [2.45, 2.75) is 11.8 Å². The Labute approximate surface area is 82.7 Å². The molecule has 0 atom stereocenters. The Bertz CT molecular complexity index is 512. The van der Waals surface area contributed by atoms with Gasteiger partial charge in [-0.05, 0) is 19.1 Å². The van der Waals surface area contributed by atoms with Gasteiger partial charge in [-0.3, -0.25) is 0 Å². The Balaban J connectivity index is 2.36. The van der Waals surface area contributed by atoms with Crippen molar-refractivity contribution in [3.8, 4) is 0 Å². The normalized spacial score (nSPS) is 18.1. The monoisotopic (exact) mass is 207 g/mol. The summed E-state index contributed by atoms with van der Waals surface area (Å²) in [6.07, 6.45) is 0. The summed E-state index contributed by atoms with van der Waals surface area (Å²) in [7, 11) is -3.31. The Morgan fingerprint density at radius 3 is 2.29 bits per heavy atom. The van der Waals surface area contributed by atoms with Gasteiger partial charge in [-0.2, -0.15) is 0 Å². The summed E-state index contributed by atoms with van der Waals surface area (Å²) in [5, 5.41) is 1.21. The van der Waals surface area contributed by atoms with Crippen LogP contribution in [0.4, 0.5) is 0 Å². The van der Waals surface area contributed by atoms with Crippen molar-refractivity contribution in [3.05, 3.63) is 41.4 Å². The van der Waals surface area contributed by atoms with E-state index in [1.165, 1.54) is 5.41 Å². The maximum Gasteiger partial charge on any atom is 0.201 e. The molecular weight excluding hydrogens is 198 g/mol. The molecule has 14 heavy (non-hydrogen) atoms. The van der Waals surface area contributed by atoms with Gasteiger partial charge in [-0.15, -0.1) is 0 Å². The molecule has 3 nitrogen and oxygen atoms in total. The van der Waals surface area contributed by atoms with Gasteiger partial charge < -0.3 is 0 Å². The molecule has 0 spiro atoms. The van der Waals surface area contributed by atoms with E-state index in [-0.39, 0.29) is 0 Å². The molecule has 0 saturated carbocycles. The zero-order valence-corrected chi connectivity index (χ0v) is 8.45. The van der Waals surface area contributed by atoms with Crippen LogP contribution in [0.2, 0.25) is 0 Å². The average Bonchev–Trinajstić information content (AvgIpc) is 2.82. The largest absolute Gasteiger partial charge is 0.249 e. The first-order valence-electron chi connectivity index (χ1n) is 4.17. The quantitative estimate of drug-likeness (QED) is 0.742. The zero-order chi connectivity index (χ0) is 10.2. The molecule has 1 aromatic rings. The van der Waals surface area contributed by atoms with Gasteiger partial charge in [0.05, 0.1) is 21.7 Å². The van der Waals surface area contributed by atoms with Crippen molar-refractivity contribution in [3.63, 3.8) is 0 Å². The van der Waals surface area contributed by atoms with Gasteiger partial charge in [0.25, 0.3) is 0 Å². The molecule has 1 aromatic carbocycles. The highest BCUT2D eigenvalue weighted by Crippen LogP contribution is 2.21. The van der Waals surface area contributed by atoms with Crippen molar-refractivity contribution in [2.24, 2.45) is 4.99 Å². The molecule has 1 aliphatic rings. The SMILES string of the molecule is CC1=NC/1=C/S(=O)(=O)c1ccccc1. The van der Waals surface area contributed by atoms with E-state index in [0.29, 0.717) is 10.6 Å². The fourth-order valence-corrected chi connectivity index (χ4v) is 2.28. The van der Waals surface area contributed by atoms with Gasteiger partial charge in [0.2, 0.25) is 9.84 Å². The van der Waals surface area contributed by atoms with E-state index in [4.69, 9.17) is 0 Å². The standard InChI is InChI=1S/C10H9NO2S/c1-8-10(11-8)7-14(12,13)9-5-3-2-4-6-9/h2-7H,1H3/b10-7+. The van der Waals surface area contributed by atoms with E-state index in [0.717, 1.165) is 5.71 Å². The molecule has 0 fully saturated rings. The minimum absolute atomic E-state index is 0.308. The van der Waals surface area contributed by atoms with Crippen LogP contribution >= 0.6 is 0 Å². The van der Waals surface area contributed by atoms with Crippen LogP contribution in [0.25, 0.3) is 0 Å². The molecule has 2 rings (SSSR count). The number of hydrogen-bond acceptors (Lipinski definition) is 3. The first-order valence-corrected chi connectivity index (χ1v) is 5.72. The van der Waals surface area contributed by atoms with Crippen LogP contribution < -0.4 is 0 Å². The molecule has 0 aromatic heterocycles. The number of rotatable bonds is 2. The summed E-state index contributed by atoms with van der Waals surface area (Å²) in [5.74, 6) is 0. The van der Waals surface area contributed by atoms with Crippen LogP contribution in [0, 0.1) is 0 Å². The lowest BCUT2D eigenvalue weighted by atomic mass is 10.4. The van der Waals surface area contributed by atoms with E-state index in [1.54, 1.807) is 37.3 Å². The minimum atomic E-state index is -3.31. The molecule has 0 bridgehead atoms. The fraction of sp³-hybridized carbons (Fsp3) is 0.100. The summed E-state index contributed by atoms with van der Waals surface area (Å²) >= 11 is 0. The second-order valence-corrected chi connectivity index (χ2v) is 4.86. The molecule has 1 aliphatic heterocycles. The molecule has 0 N–H and O–H groups in total. The minimum Gasteiger partial charge on any atom is -0.249 e. The summed E-state index contributed by atoms with van der Waals surface area (Å²) in [5.41, 5.74) is 1.37. The fourth-order valence-electron chi connectivity index (χ4n) is 1.09. The first-order chi connectivity index (χ1) is 6.59. The molecule has 0 radical (unpaired) electrons. The second-order valence-electron chi connectivity index (χ2n) is 3.06. The number of nitrogens with zero attached hydrogens (tertiary/aromatic N) is 1. The maximum absolute atomic E-state index is 11.7. The summed E-state index contributed by atoms with van der Waals surface area (Å²) < 4.78 is 23.4. The highest BCUT2D eigenvalue weighted by molar-refractivity contribution is 7.94.